The number of hydrogen-bond donors (Lipinski definition) is 1. The van der Waals surface area contributed by atoms with Crippen molar-refractivity contribution in [3.8, 4) is 0 Å². The molecule has 2 heteroatoms. The van der Waals surface area contributed by atoms with E-state index >= 15 is 0 Å². The minimum absolute atomic E-state index is 0.748. The zero-order valence-corrected chi connectivity index (χ0v) is 9.04. The number of rotatable bonds is 1. The highest BCUT2D eigenvalue weighted by Gasteiger charge is 2.17. The molecule has 12 heavy (non-hydrogen) atoms. The molecule has 2 rings (SSSR count). The molecule has 1 saturated heterocycles. The quantitative estimate of drug-likeness (QED) is 0.775. The molecule has 1 nitrogen and oxygen atoms in total. The molecule has 1 atom stereocenters. The van der Waals surface area contributed by atoms with Crippen molar-refractivity contribution >= 4 is 22.6 Å². The summed E-state index contributed by atoms with van der Waals surface area (Å²) < 4.78 is 1.41. The fraction of sp³-hybridized carbons (Fsp3) is 0.400. The normalized spacial score (nSPS) is 22.9. The van der Waals surface area contributed by atoms with Gasteiger partial charge in [-0.05, 0) is 53.1 Å². The smallest absolute Gasteiger partial charge is 0.0165 e. The van der Waals surface area contributed by atoms with Crippen molar-refractivity contribution in [2.75, 3.05) is 13.1 Å². The summed E-state index contributed by atoms with van der Waals surface area (Å²) in [4.78, 5) is 0. The van der Waals surface area contributed by atoms with Crippen LogP contribution in [0.4, 0.5) is 0 Å². The Kier molecular flexibility index (Phi) is 2.66. The highest BCUT2D eigenvalue weighted by Crippen LogP contribution is 2.26. The lowest BCUT2D eigenvalue weighted by Crippen LogP contribution is -2.08. The van der Waals surface area contributed by atoms with Crippen molar-refractivity contribution in [1.29, 1.82) is 0 Å². The molecule has 0 spiro atoms. The summed E-state index contributed by atoms with van der Waals surface area (Å²) >= 11 is 2.42. The van der Waals surface area contributed by atoms with Gasteiger partial charge in [0.05, 0.1) is 0 Å². The van der Waals surface area contributed by atoms with Crippen molar-refractivity contribution in [2.45, 2.75) is 12.3 Å². The highest BCUT2D eigenvalue weighted by molar-refractivity contribution is 14.1. The molecule has 1 N–H and O–H groups in total. The molecule has 0 saturated carbocycles. The predicted molar refractivity (Wildman–Crippen MR) is 59.4 cm³/mol. The van der Waals surface area contributed by atoms with Crippen LogP contribution in [-0.4, -0.2) is 13.1 Å². The van der Waals surface area contributed by atoms with Gasteiger partial charge in [0.25, 0.3) is 0 Å². The van der Waals surface area contributed by atoms with Crippen LogP contribution in [0, 0.1) is 3.57 Å². The Morgan fingerprint density at radius 3 is 2.83 bits per heavy atom. The third-order valence-corrected chi connectivity index (χ3v) is 3.39. The summed E-state index contributed by atoms with van der Waals surface area (Å²) in [6.07, 6.45) is 1.29. The number of hydrogen-bond acceptors (Lipinski definition) is 1. The van der Waals surface area contributed by atoms with Crippen molar-refractivity contribution in [2.24, 2.45) is 0 Å². The maximum atomic E-state index is 3.39. The fourth-order valence-corrected chi connectivity index (χ4v) is 2.55. The molecule has 1 aliphatic rings. The standard InChI is InChI=1S/C10H12IN/c11-10-4-2-1-3-9(10)8-5-6-12-7-8/h1-4,8,12H,5-7H2. The van der Waals surface area contributed by atoms with Crippen LogP contribution in [0.25, 0.3) is 0 Å². The van der Waals surface area contributed by atoms with Gasteiger partial charge in [-0.15, -0.1) is 0 Å². The summed E-state index contributed by atoms with van der Waals surface area (Å²) in [6, 6.07) is 8.68. The topological polar surface area (TPSA) is 12.0 Å². The van der Waals surface area contributed by atoms with Crippen LogP contribution in [-0.2, 0) is 0 Å². The zero-order chi connectivity index (χ0) is 8.39. The molecule has 0 bridgehead atoms. The Morgan fingerprint density at radius 2 is 2.17 bits per heavy atom. The molecule has 1 unspecified atom stereocenters. The predicted octanol–water partition coefficient (Wildman–Crippen LogP) is 2.37. The van der Waals surface area contributed by atoms with Gasteiger partial charge in [0.2, 0.25) is 0 Å². The maximum Gasteiger partial charge on any atom is 0.0165 e. The van der Waals surface area contributed by atoms with E-state index in [0.29, 0.717) is 0 Å². The van der Waals surface area contributed by atoms with E-state index < -0.39 is 0 Å². The van der Waals surface area contributed by atoms with Crippen LogP contribution in [0.2, 0.25) is 0 Å². The average Bonchev–Trinajstić information content (AvgIpc) is 2.57. The van der Waals surface area contributed by atoms with Crippen LogP contribution in [0.5, 0.6) is 0 Å². The summed E-state index contributed by atoms with van der Waals surface area (Å²) in [5, 5.41) is 3.39. The van der Waals surface area contributed by atoms with Gasteiger partial charge in [-0.2, -0.15) is 0 Å². The largest absolute Gasteiger partial charge is 0.316 e. The Hall–Kier alpha value is -0.0900. The zero-order valence-electron chi connectivity index (χ0n) is 6.89. The van der Waals surface area contributed by atoms with Gasteiger partial charge in [-0.1, -0.05) is 18.2 Å². The SMILES string of the molecule is Ic1ccccc1C1CCNC1. The number of halogens is 1. The van der Waals surface area contributed by atoms with E-state index in [-0.39, 0.29) is 0 Å². The molecule has 1 heterocycles. The molecule has 1 fully saturated rings. The van der Waals surface area contributed by atoms with E-state index in [1.54, 1.807) is 0 Å². The second kappa shape index (κ2) is 3.75. The molecular weight excluding hydrogens is 261 g/mol. The molecule has 0 amide bonds. The van der Waals surface area contributed by atoms with Gasteiger partial charge in [0.15, 0.2) is 0 Å². The minimum Gasteiger partial charge on any atom is -0.316 e. The molecule has 1 aromatic rings. The molecule has 0 aromatic heterocycles. The highest BCUT2D eigenvalue weighted by atomic mass is 127. The second-order valence-electron chi connectivity index (χ2n) is 3.21. The van der Waals surface area contributed by atoms with Crippen molar-refractivity contribution in [3.63, 3.8) is 0 Å². The summed E-state index contributed by atoms with van der Waals surface area (Å²) in [5.41, 5.74) is 1.52. The fourth-order valence-electron chi connectivity index (χ4n) is 1.73. The van der Waals surface area contributed by atoms with Gasteiger partial charge < -0.3 is 5.32 Å². The summed E-state index contributed by atoms with van der Waals surface area (Å²) in [7, 11) is 0. The second-order valence-corrected chi connectivity index (χ2v) is 4.37. The van der Waals surface area contributed by atoms with Crippen LogP contribution < -0.4 is 5.32 Å². The lowest BCUT2D eigenvalue weighted by atomic mass is 9.99. The van der Waals surface area contributed by atoms with Crippen molar-refractivity contribution < 1.29 is 0 Å². The first-order valence-corrected chi connectivity index (χ1v) is 5.41. The van der Waals surface area contributed by atoms with Crippen LogP contribution in [0.1, 0.15) is 17.9 Å². The van der Waals surface area contributed by atoms with Crippen molar-refractivity contribution in [3.05, 3.63) is 33.4 Å². The molecule has 64 valence electrons. The number of nitrogens with one attached hydrogen (secondary N) is 1. The Bertz CT molecular complexity index is 266. The van der Waals surface area contributed by atoms with Gasteiger partial charge in [0, 0.05) is 10.1 Å². The Labute approximate surface area is 86.7 Å². The van der Waals surface area contributed by atoms with Gasteiger partial charge in [0.1, 0.15) is 0 Å². The van der Waals surface area contributed by atoms with E-state index in [2.05, 4.69) is 52.2 Å². The van der Waals surface area contributed by atoms with E-state index in [0.717, 1.165) is 12.5 Å². The third kappa shape index (κ3) is 1.64. The van der Waals surface area contributed by atoms with E-state index in [1.165, 1.54) is 22.1 Å². The molecule has 0 radical (unpaired) electrons. The molecular formula is C10H12IN. The van der Waals surface area contributed by atoms with Gasteiger partial charge >= 0.3 is 0 Å². The van der Waals surface area contributed by atoms with Crippen molar-refractivity contribution in [1.82, 2.24) is 5.32 Å². The van der Waals surface area contributed by atoms with E-state index in [4.69, 9.17) is 0 Å². The van der Waals surface area contributed by atoms with Gasteiger partial charge in [-0.3, -0.25) is 0 Å². The minimum atomic E-state index is 0.748. The lowest BCUT2D eigenvalue weighted by Gasteiger charge is -2.10. The molecule has 1 aliphatic heterocycles. The first kappa shape index (κ1) is 8.51. The number of benzene rings is 1. The first-order valence-electron chi connectivity index (χ1n) is 4.33. The first-order chi connectivity index (χ1) is 5.88. The van der Waals surface area contributed by atoms with Crippen LogP contribution >= 0.6 is 22.6 Å². The average molecular weight is 273 g/mol. The third-order valence-electron chi connectivity index (χ3n) is 2.41. The van der Waals surface area contributed by atoms with Crippen LogP contribution in [0.3, 0.4) is 0 Å². The van der Waals surface area contributed by atoms with Crippen LogP contribution in [0.15, 0.2) is 24.3 Å². The molecule has 0 aliphatic carbocycles. The monoisotopic (exact) mass is 273 g/mol. The van der Waals surface area contributed by atoms with Gasteiger partial charge in [-0.25, -0.2) is 0 Å². The van der Waals surface area contributed by atoms with E-state index in [1.807, 2.05) is 0 Å². The summed E-state index contributed by atoms with van der Waals surface area (Å²) in [6.45, 7) is 2.33. The summed E-state index contributed by atoms with van der Waals surface area (Å²) in [5.74, 6) is 0.748. The maximum absolute atomic E-state index is 3.39. The Balaban J connectivity index is 2.26. The lowest BCUT2D eigenvalue weighted by molar-refractivity contribution is 0.759. The van der Waals surface area contributed by atoms with E-state index in [9.17, 15) is 0 Å². The molecule has 1 aromatic carbocycles. The Morgan fingerprint density at radius 1 is 1.33 bits per heavy atom.